The molecule has 3 amide bonds. The lowest BCUT2D eigenvalue weighted by Gasteiger charge is -2.34. The van der Waals surface area contributed by atoms with E-state index in [0.29, 0.717) is 49.6 Å². The molecule has 1 saturated heterocycles. The van der Waals surface area contributed by atoms with Gasteiger partial charge in [0.15, 0.2) is 11.6 Å². The second kappa shape index (κ2) is 29.2. The number of ether oxygens (including phenoxy) is 4. The molecule has 4 aromatic rings. The van der Waals surface area contributed by atoms with Crippen molar-refractivity contribution in [1.82, 2.24) is 20.7 Å². The number of halogens is 4. The van der Waals surface area contributed by atoms with E-state index in [4.69, 9.17) is 23.8 Å². The number of aryl methyl sites for hydroxylation is 1. The summed E-state index contributed by atoms with van der Waals surface area (Å²) in [6.45, 7) is 11.0. The molecule has 0 saturated carbocycles. The Hall–Kier alpha value is -4.55. The SMILES string of the molecule is Cc1ncsc1-c1ccc(CNC(=O)[C@@H]2C[C@@H](O)CN2C(=O)[C@@H](CC(=O)CCOCCOCCOCCOCCCCCCONC(=O)c2ccc(F)c(F)c2Nc2ccc(I)cc2F)C(C)(C)C)cc1. The van der Waals surface area contributed by atoms with Crippen molar-refractivity contribution in [3.63, 3.8) is 0 Å². The van der Waals surface area contributed by atoms with Gasteiger partial charge in [-0.15, -0.1) is 11.3 Å². The zero-order valence-electron chi connectivity index (χ0n) is 40.7. The van der Waals surface area contributed by atoms with E-state index in [0.717, 1.165) is 53.1 Å². The van der Waals surface area contributed by atoms with Crippen molar-refractivity contribution < 1.29 is 61.2 Å². The monoisotopic (exact) mass is 1120 g/mol. The van der Waals surface area contributed by atoms with Gasteiger partial charge in [0, 0.05) is 48.4 Å². The van der Waals surface area contributed by atoms with Crippen molar-refractivity contribution in [2.45, 2.75) is 91.3 Å². The van der Waals surface area contributed by atoms with Crippen LogP contribution in [0.1, 0.15) is 87.3 Å². The Labute approximate surface area is 431 Å². The number of β-amino-alcohol motifs (C(OH)–C–C–N with tert-alkyl or cyclic N) is 1. The van der Waals surface area contributed by atoms with Crippen LogP contribution in [0.15, 0.2) is 60.1 Å². The van der Waals surface area contributed by atoms with E-state index in [9.17, 15) is 37.5 Å². The predicted octanol–water partition coefficient (Wildman–Crippen LogP) is 8.46. The summed E-state index contributed by atoms with van der Waals surface area (Å²) in [5.41, 5.74) is 5.50. The Kier molecular flexibility index (Phi) is 23.6. The molecule has 71 heavy (non-hydrogen) atoms. The van der Waals surface area contributed by atoms with Crippen molar-refractivity contribution in [1.29, 1.82) is 0 Å². The minimum absolute atomic E-state index is 0.0111. The first-order valence-electron chi connectivity index (χ1n) is 23.7. The third-order valence-electron chi connectivity index (χ3n) is 11.7. The maximum Gasteiger partial charge on any atom is 0.277 e. The van der Waals surface area contributed by atoms with Crippen LogP contribution in [0.3, 0.4) is 0 Å². The largest absolute Gasteiger partial charge is 0.391 e. The van der Waals surface area contributed by atoms with Crippen molar-refractivity contribution in [3.8, 4) is 10.4 Å². The van der Waals surface area contributed by atoms with Crippen molar-refractivity contribution in [2.75, 3.05) is 71.3 Å². The number of nitrogens with one attached hydrogen (secondary N) is 3. The smallest absolute Gasteiger partial charge is 0.277 e. The summed E-state index contributed by atoms with van der Waals surface area (Å²) in [5.74, 6) is -5.51. The number of hydrogen-bond acceptors (Lipinski definition) is 13. The fourth-order valence-corrected chi connectivity index (χ4v) is 8.96. The van der Waals surface area contributed by atoms with Gasteiger partial charge in [0.2, 0.25) is 11.8 Å². The minimum Gasteiger partial charge on any atom is -0.391 e. The molecule has 1 aliphatic rings. The Morgan fingerprint density at radius 3 is 2.13 bits per heavy atom. The van der Waals surface area contributed by atoms with Gasteiger partial charge in [-0.2, -0.15) is 0 Å². The predicted molar refractivity (Wildman–Crippen MR) is 271 cm³/mol. The molecule has 4 N–H and O–H groups in total. The first-order chi connectivity index (χ1) is 34.0. The van der Waals surface area contributed by atoms with Crippen molar-refractivity contribution >= 4 is 68.8 Å². The fourth-order valence-electron chi connectivity index (χ4n) is 7.70. The molecule has 0 radical (unpaired) electrons. The van der Waals surface area contributed by atoms with Crippen LogP contribution in [-0.4, -0.2) is 117 Å². The van der Waals surface area contributed by atoms with Gasteiger partial charge in [0.1, 0.15) is 17.6 Å². The van der Waals surface area contributed by atoms with E-state index in [1.54, 1.807) is 17.4 Å². The number of hydroxylamine groups is 1. The zero-order valence-corrected chi connectivity index (χ0v) is 43.6. The highest BCUT2D eigenvalue weighted by Gasteiger charge is 2.44. The molecule has 0 bridgehead atoms. The van der Waals surface area contributed by atoms with Gasteiger partial charge in [0.05, 0.1) is 92.0 Å². The lowest BCUT2D eigenvalue weighted by atomic mass is 9.76. The van der Waals surface area contributed by atoms with Crippen LogP contribution in [0, 0.1) is 39.3 Å². The van der Waals surface area contributed by atoms with E-state index in [1.165, 1.54) is 17.0 Å². The Morgan fingerprint density at radius 2 is 1.49 bits per heavy atom. The van der Waals surface area contributed by atoms with Crippen LogP contribution in [0.4, 0.5) is 24.5 Å². The highest BCUT2D eigenvalue weighted by Crippen LogP contribution is 2.34. The number of thiazole rings is 1. The van der Waals surface area contributed by atoms with Crippen LogP contribution in [-0.2, 0) is 44.7 Å². The number of aliphatic hydroxyl groups is 1. The molecule has 3 aromatic carbocycles. The van der Waals surface area contributed by atoms with Gasteiger partial charge in [-0.25, -0.2) is 23.6 Å². The molecule has 3 atom stereocenters. The number of ketones is 1. The molecule has 5 rings (SSSR count). The quantitative estimate of drug-likeness (QED) is 0.0222. The normalized spacial score (nSPS) is 15.2. The molecule has 0 unspecified atom stereocenters. The summed E-state index contributed by atoms with van der Waals surface area (Å²) in [6, 6.07) is 13.1. The summed E-state index contributed by atoms with van der Waals surface area (Å²) in [6.07, 6.45) is 2.49. The first kappa shape index (κ1) is 57.4. The molecule has 1 aromatic heterocycles. The van der Waals surface area contributed by atoms with E-state index in [2.05, 4.69) is 21.1 Å². The molecule has 2 heterocycles. The molecular formula is C51H65F3IN5O10S. The third kappa shape index (κ3) is 18.5. The molecule has 1 fully saturated rings. The second-order valence-corrected chi connectivity index (χ2v) is 20.3. The Balaban J connectivity index is 0.851. The number of amides is 3. The molecule has 0 aliphatic carbocycles. The number of aliphatic hydroxyl groups excluding tert-OH is 1. The van der Waals surface area contributed by atoms with Gasteiger partial charge in [-0.3, -0.25) is 24.0 Å². The third-order valence-corrected chi connectivity index (χ3v) is 13.3. The van der Waals surface area contributed by atoms with E-state index >= 15 is 0 Å². The van der Waals surface area contributed by atoms with Crippen molar-refractivity contribution in [2.24, 2.45) is 11.3 Å². The molecule has 15 nitrogen and oxygen atoms in total. The number of Topliss-reactive ketones (excluding diaryl/α,β-unsaturated/α-hetero) is 1. The minimum atomic E-state index is -1.32. The van der Waals surface area contributed by atoms with E-state index in [1.807, 2.05) is 80.1 Å². The van der Waals surface area contributed by atoms with Gasteiger partial charge < -0.3 is 39.6 Å². The van der Waals surface area contributed by atoms with Crippen LogP contribution >= 0.6 is 33.9 Å². The summed E-state index contributed by atoms with van der Waals surface area (Å²) in [5, 5.41) is 16.0. The Morgan fingerprint density at radius 1 is 0.845 bits per heavy atom. The average Bonchev–Trinajstić information content (AvgIpc) is 3.96. The highest BCUT2D eigenvalue weighted by atomic mass is 127. The molecule has 1 aliphatic heterocycles. The van der Waals surface area contributed by atoms with Gasteiger partial charge in [-0.1, -0.05) is 57.9 Å². The number of unbranched alkanes of at least 4 members (excludes halogenated alkanes) is 3. The number of aromatic nitrogens is 1. The molecular weight excluding hydrogens is 1060 g/mol. The van der Waals surface area contributed by atoms with Crippen molar-refractivity contribution in [3.05, 3.63) is 98.0 Å². The first-order valence-corrected chi connectivity index (χ1v) is 25.7. The number of anilines is 2. The van der Waals surface area contributed by atoms with E-state index < -0.39 is 52.5 Å². The number of hydrogen-bond donors (Lipinski definition) is 4. The number of carbonyl (C=O) groups is 4. The number of carbonyl (C=O) groups excluding carboxylic acids is 4. The van der Waals surface area contributed by atoms with Gasteiger partial charge >= 0.3 is 0 Å². The van der Waals surface area contributed by atoms with Crippen LogP contribution < -0.4 is 16.1 Å². The number of rotatable bonds is 30. The number of nitrogens with zero attached hydrogens (tertiary/aromatic N) is 2. The Bertz CT molecular complexity index is 2350. The van der Waals surface area contributed by atoms with Crippen LogP contribution in [0.5, 0.6) is 0 Å². The standard InChI is InChI=1S/C51H65F3IN5O10S/c1-33-47(71-32-57-33)35-11-9-34(10-12-35)30-56-49(64)44-29-38(62)31-60(44)50(65)40(51(2,3)4)28-37(61)17-20-67-22-24-69-26-25-68-23-21-66-18-7-5-6-8-19-70-59-48(63)39-14-15-41(52)45(54)46(39)58-43-16-13-36(55)27-42(43)53/h9-16,27,32,38,40,44,58,62H,5-8,17-26,28-31H2,1-4H3,(H,56,64)(H,59,63)/t38-,40-,44+/m1/s1. The second-order valence-electron chi connectivity index (χ2n) is 18.2. The van der Waals surface area contributed by atoms with E-state index in [-0.39, 0.29) is 81.0 Å². The lowest BCUT2D eigenvalue weighted by molar-refractivity contribution is -0.146. The summed E-state index contributed by atoms with van der Waals surface area (Å²) in [4.78, 5) is 65.3. The topological polar surface area (TPSA) is 187 Å². The maximum atomic E-state index is 14.6. The lowest BCUT2D eigenvalue weighted by Crippen LogP contribution is -2.50. The maximum absolute atomic E-state index is 14.6. The summed E-state index contributed by atoms with van der Waals surface area (Å²) >= 11 is 3.49. The average molecular weight is 1120 g/mol. The number of benzene rings is 3. The zero-order chi connectivity index (χ0) is 51.3. The fraction of sp³-hybridized carbons (Fsp3) is 0.510. The van der Waals surface area contributed by atoms with Crippen LogP contribution in [0.2, 0.25) is 0 Å². The molecule has 0 spiro atoms. The molecule has 388 valence electrons. The van der Waals surface area contributed by atoms with Gasteiger partial charge in [0.25, 0.3) is 5.91 Å². The summed E-state index contributed by atoms with van der Waals surface area (Å²) in [7, 11) is 0. The molecule has 20 heteroatoms. The van der Waals surface area contributed by atoms with Gasteiger partial charge in [-0.05, 0) is 89.2 Å². The van der Waals surface area contributed by atoms with Crippen LogP contribution in [0.25, 0.3) is 10.4 Å². The highest BCUT2D eigenvalue weighted by molar-refractivity contribution is 14.1. The summed E-state index contributed by atoms with van der Waals surface area (Å²) < 4.78 is 65.9. The number of likely N-dealkylation sites (tertiary alicyclic amines) is 1.